The van der Waals surface area contributed by atoms with E-state index in [1.807, 2.05) is 30.3 Å². The monoisotopic (exact) mass is 473 g/mol. The molecule has 0 aliphatic carbocycles. The maximum atomic E-state index is 12.8. The van der Waals surface area contributed by atoms with Crippen molar-refractivity contribution in [3.8, 4) is 0 Å². The van der Waals surface area contributed by atoms with Crippen molar-refractivity contribution in [1.29, 1.82) is 0 Å². The van der Waals surface area contributed by atoms with Crippen LogP contribution in [0.4, 0.5) is 4.79 Å². The molecule has 34 heavy (non-hydrogen) atoms. The van der Waals surface area contributed by atoms with Gasteiger partial charge in [-0.25, -0.2) is 19.8 Å². The molecule has 2 saturated heterocycles. The zero-order valence-corrected chi connectivity index (χ0v) is 19.4. The highest BCUT2D eigenvalue weighted by molar-refractivity contribution is 5.88. The minimum Gasteiger partial charge on any atom is -0.310 e. The molecule has 2 fully saturated rings. The molecule has 1 aromatic carbocycles. The highest BCUT2D eigenvalue weighted by Gasteiger charge is 2.40. The summed E-state index contributed by atoms with van der Waals surface area (Å²) in [4.78, 5) is 69.0. The molecule has 2 aliphatic rings. The van der Waals surface area contributed by atoms with Crippen LogP contribution in [-0.2, 0) is 30.4 Å². The van der Waals surface area contributed by atoms with Gasteiger partial charge in [-0.2, -0.15) is 0 Å². The zero-order chi connectivity index (χ0) is 25.1. The first-order valence-electron chi connectivity index (χ1n) is 11.1. The molecule has 3 rings (SSSR count). The Morgan fingerprint density at radius 1 is 1.15 bits per heavy atom. The summed E-state index contributed by atoms with van der Waals surface area (Å²) >= 11 is 0. The van der Waals surface area contributed by atoms with Crippen molar-refractivity contribution >= 4 is 36.2 Å². The third kappa shape index (κ3) is 7.48. The van der Waals surface area contributed by atoms with E-state index in [-0.39, 0.29) is 43.0 Å². The van der Waals surface area contributed by atoms with Crippen molar-refractivity contribution < 1.29 is 28.8 Å². The molecule has 2 N–H and O–H groups in total. The Morgan fingerprint density at radius 2 is 1.85 bits per heavy atom. The maximum Gasteiger partial charge on any atom is 0.358 e. The van der Waals surface area contributed by atoms with Gasteiger partial charge < -0.3 is 14.9 Å². The third-order valence-corrected chi connectivity index (χ3v) is 5.37. The summed E-state index contributed by atoms with van der Waals surface area (Å²) in [6.45, 7) is 1.95. The fraction of sp³-hybridized carbons (Fsp3) is 0.478. The zero-order valence-electron chi connectivity index (χ0n) is 19.4. The normalized spacial score (nSPS) is 18.6. The van der Waals surface area contributed by atoms with E-state index < -0.39 is 12.1 Å². The highest BCUT2D eigenvalue weighted by Crippen LogP contribution is 2.22. The van der Waals surface area contributed by atoms with Crippen LogP contribution in [-0.4, -0.2) is 83.4 Å². The lowest BCUT2D eigenvalue weighted by molar-refractivity contribution is -0.151. The van der Waals surface area contributed by atoms with Crippen LogP contribution in [0.1, 0.15) is 38.2 Å². The first-order chi connectivity index (χ1) is 16.3. The molecule has 0 saturated carbocycles. The number of hydrogen-bond acceptors (Lipinski definition) is 7. The first-order valence-corrected chi connectivity index (χ1v) is 11.1. The van der Waals surface area contributed by atoms with E-state index in [1.54, 1.807) is 7.05 Å². The molecule has 2 aliphatic heterocycles. The Hall–Kier alpha value is -3.60. The number of nitrogens with one attached hydrogen (secondary N) is 2. The fourth-order valence-corrected chi connectivity index (χ4v) is 3.63. The number of nitrogens with zero attached hydrogens (tertiary/aromatic N) is 3. The second-order valence-electron chi connectivity index (χ2n) is 8.03. The van der Waals surface area contributed by atoms with Gasteiger partial charge >= 0.3 is 6.03 Å². The van der Waals surface area contributed by atoms with E-state index in [9.17, 15) is 28.8 Å². The molecular weight excluding hydrogens is 442 g/mol. The highest BCUT2D eigenvalue weighted by atomic mass is 16.2. The van der Waals surface area contributed by atoms with Crippen molar-refractivity contribution in [2.24, 2.45) is 0 Å². The number of ketones is 1. The number of benzene rings is 1. The molecule has 0 unspecified atom stereocenters. The number of rotatable bonds is 8. The van der Waals surface area contributed by atoms with Gasteiger partial charge in [-0.05, 0) is 32.4 Å². The summed E-state index contributed by atoms with van der Waals surface area (Å²) in [5, 5.41) is 6.33. The van der Waals surface area contributed by atoms with Gasteiger partial charge in [-0.1, -0.05) is 30.3 Å². The Morgan fingerprint density at radius 3 is 2.41 bits per heavy atom. The van der Waals surface area contributed by atoms with E-state index in [0.717, 1.165) is 16.9 Å². The van der Waals surface area contributed by atoms with Crippen molar-refractivity contribution in [2.45, 2.75) is 51.1 Å². The smallest absolute Gasteiger partial charge is 0.310 e. The SMILES string of the molecule is CN[C@H](C=O)CC(C)=O.O=C[C@@H]1CCCN2C(=O)CCN(NC(=O)Cc3ccccc3)C(=O)N12. The lowest BCUT2D eigenvalue weighted by atomic mass is 10.1. The van der Waals surface area contributed by atoms with Crippen LogP contribution >= 0.6 is 0 Å². The van der Waals surface area contributed by atoms with Crippen molar-refractivity contribution in [1.82, 2.24) is 25.8 Å². The van der Waals surface area contributed by atoms with E-state index in [4.69, 9.17) is 0 Å². The van der Waals surface area contributed by atoms with Crippen LogP contribution in [0, 0.1) is 0 Å². The topological polar surface area (TPSA) is 136 Å². The Bertz CT molecular complexity index is 893. The first kappa shape index (κ1) is 26.7. The van der Waals surface area contributed by atoms with Crippen molar-refractivity contribution in [3.63, 3.8) is 0 Å². The summed E-state index contributed by atoms with van der Waals surface area (Å²) in [7, 11) is 1.65. The predicted octanol–water partition coefficient (Wildman–Crippen LogP) is 0.245. The molecule has 0 spiro atoms. The van der Waals surface area contributed by atoms with E-state index in [2.05, 4.69) is 10.7 Å². The average Bonchev–Trinajstić information content (AvgIpc) is 2.95. The maximum absolute atomic E-state index is 12.8. The third-order valence-electron chi connectivity index (χ3n) is 5.37. The molecular formula is C23H31N5O6. The summed E-state index contributed by atoms with van der Waals surface area (Å²) in [5.74, 6) is -0.540. The molecule has 11 heteroatoms. The number of carbonyl (C=O) groups is 6. The fourth-order valence-electron chi connectivity index (χ4n) is 3.63. The van der Waals surface area contributed by atoms with Crippen LogP contribution in [0.5, 0.6) is 0 Å². The molecule has 1 aromatic rings. The summed E-state index contributed by atoms with van der Waals surface area (Å²) in [6.07, 6.45) is 3.09. The molecule has 184 valence electrons. The average molecular weight is 474 g/mol. The van der Waals surface area contributed by atoms with E-state index in [0.29, 0.717) is 32.1 Å². The number of aldehydes is 2. The minimum atomic E-state index is -0.683. The van der Waals surface area contributed by atoms with Crippen LogP contribution < -0.4 is 10.7 Å². The second-order valence-corrected chi connectivity index (χ2v) is 8.03. The lowest BCUT2D eigenvalue weighted by Crippen LogP contribution is -2.61. The Kier molecular flexibility index (Phi) is 10.3. The molecule has 0 radical (unpaired) electrons. The largest absolute Gasteiger partial charge is 0.358 e. The van der Waals surface area contributed by atoms with Gasteiger partial charge in [-0.3, -0.25) is 19.8 Å². The van der Waals surface area contributed by atoms with Gasteiger partial charge in [0, 0.05) is 19.4 Å². The van der Waals surface area contributed by atoms with Crippen molar-refractivity contribution in [2.75, 3.05) is 20.1 Å². The molecule has 4 amide bonds. The summed E-state index contributed by atoms with van der Waals surface area (Å²) in [6, 6.07) is 7.63. The number of amides is 4. The number of likely N-dealkylation sites (N-methyl/N-ethyl adjacent to an activating group) is 1. The Labute approximate surface area is 198 Å². The summed E-state index contributed by atoms with van der Waals surface area (Å²) in [5.41, 5.74) is 3.39. The number of urea groups is 1. The van der Waals surface area contributed by atoms with E-state index >= 15 is 0 Å². The second kappa shape index (κ2) is 13.2. The quantitative estimate of drug-likeness (QED) is 0.516. The van der Waals surface area contributed by atoms with Gasteiger partial charge in [0.25, 0.3) is 0 Å². The van der Waals surface area contributed by atoms with Gasteiger partial charge in [-0.15, -0.1) is 0 Å². The molecule has 11 nitrogen and oxygen atoms in total. The van der Waals surface area contributed by atoms with Crippen LogP contribution in [0.15, 0.2) is 30.3 Å². The molecule has 0 aromatic heterocycles. The lowest BCUT2D eigenvalue weighted by Gasteiger charge is -2.41. The molecule has 2 heterocycles. The number of carbonyl (C=O) groups excluding carboxylic acids is 6. The Balaban J connectivity index is 0.000000387. The van der Waals surface area contributed by atoms with Gasteiger partial charge in [0.05, 0.1) is 19.0 Å². The molecule has 2 atom stereocenters. The van der Waals surface area contributed by atoms with Gasteiger partial charge in [0.2, 0.25) is 11.8 Å². The number of hydrogen-bond donors (Lipinski definition) is 2. The van der Waals surface area contributed by atoms with Crippen LogP contribution in [0.2, 0.25) is 0 Å². The van der Waals surface area contributed by atoms with Gasteiger partial charge in [0.15, 0.2) is 0 Å². The molecule has 0 bridgehead atoms. The van der Waals surface area contributed by atoms with Crippen LogP contribution in [0.25, 0.3) is 0 Å². The van der Waals surface area contributed by atoms with Crippen LogP contribution in [0.3, 0.4) is 0 Å². The van der Waals surface area contributed by atoms with Crippen molar-refractivity contribution in [3.05, 3.63) is 35.9 Å². The standard InChI is InChI=1S/C17H20N4O4.C6H11NO2/c22-12-14-7-4-9-20-16(24)8-10-19(17(25)21(14)20)18-15(23)11-13-5-2-1-3-6-13;1-5(9)3-6(4-8)7-2/h1-3,5-6,12,14H,4,7-11H2,(H,18,23);4,6-7H,3H2,1-2H3/t14-;6-/m00/s1. The van der Waals surface area contributed by atoms with E-state index in [1.165, 1.54) is 16.9 Å². The number of fused-ring (bicyclic) bond motifs is 1. The summed E-state index contributed by atoms with van der Waals surface area (Å²) < 4.78 is 0. The number of hydrazine groups is 2. The predicted molar refractivity (Wildman–Crippen MR) is 122 cm³/mol. The number of Topliss-reactive ketones (excluding diaryl/α,β-unsaturated/α-hetero) is 1. The minimum absolute atomic E-state index is 0.0291. The van der Waals surface area contributed by atoms with Gasteiger partial charge in [0.1, 0.15) is 24.4 Å².